The summed E-state index contributed by atoms with van der Waals surface area (Å²) in [6.45, 7) is 4.61. The van der Waals surface area contributed by atoms with Crippen LogP contribution in [-0.4, -0.2) is 15.0 Å². The number of rotatable bonds is 3. The predicted octanol–water partition coefficient (Wildman–Crippen LogP) is 9.68. The molecule has 2 heterocycles. The third-order valence-corrected chi connectivity index (χ3v) is 8.82. The van der Waals surface area contributed by atoms with Crippen molar-refractivity contribution >= 4 is 21.6 Å². The molecule has 5 aromatic carbocycles. The van der Waals surface area contributed by atoms with Gasteiger partial charge in [0.2, 0.25) is 0 Å². The Balaban J connectivity index is 0.000000156. The minimum Gasteiger partial charge on any atom is -0.285 e. The van der Waals surface area contributed by atoms with Crippen molar-refractivity contribution in [2.45, 2.75) is 19.3 Å². The van der Waals surface area contributed by atoms with E-state index < -0.39 is 0 Å². The second-order valence-electron chi connectivity index (χ2n) is 10.8. The molecule has 43 heavy (non-hydrogen) atoms. The zero-order chi connectivity index (χ0) is 28.5. The molecule has 0 fully saturated rings. The number of benzene rings is 5. The molecular weight excluding hydrogens is 723 g/mol. The molecule has 5 heteroatoms. The average Bonchev–Trinajstić information content (AvgIpc) is 3.59. The van der Waals surface area contributed by atoms with E-state index in [1.807, 2.05) is 42.5 Å². The third-order valence-electron chi connectivity index (χ3n) is 7.75. The van der Waals surface area contributed by atoms with Crippen molar-refractivity contribution in [2.75, 3.05) is 0 Å². The van der Waals surface area contributed by atoms with E-state index in [1.165, 1.54) is 32.5 Å². The fraction of sp³-hybridized carbons (Fsp3) is 0.0789. The molecule has 2 aromatic heterocycles. The Kier molecular flexibility index (Phi) is 8.14. The average molecular weight is 750 g/mol. The van der Waals surface area contributed by atoms with E-state index >= 15 is 0 Å². The van der Waals surface area contributed by atoms with Crippen LogP contribution in [-0.2, 0) is 25.5 Å². The Morgan fingerprint density at radius 3 is 2.21 bits per heavy atom. The van der Waals surface area contributed by atoms with Gasteiger partial charge in [0.1, 0.15) is 0 Å². The van der Waals surface area contributed by atoms with Crippen LogP contribution in [0, 0.1) is 12.1 Å². The van der Waals surface area contributed by atoms with Gasteiger partial charge in [-0.2, -0.15) is 11.3 Å². The molecule has 1 aliphatic rings. The Morgan fingerprint density at radius 1 is 0.651 bits per heavy atom. The van der Waals surface area contributed by atoms with Crippen molar-refractivity contribution in [3.63, 3.8) is 0 Å². The number of aromatic nitrogens is 3. The summed E-state index contributed by atoms with van der Waals surface area (Å²) in [5, 5.41) is 1.05. The monoisotopic (exact) mass is 750 g/mol. The molecule has 0 amide bonds. The van der Waals surface area contributed by atoms with Crippen molar-refractivity contribution in [1.82, 2.24) is 15.0 Å². The number of thiazole rings is 1. The first-order chi connectivity index (χ1) is 20.6. The van der Waals surface area contributed by atoms with Gasteiger partial charge in [0, 0.05) is 42.2 Å². The summed E-state index contributed by atoms with van der Waals surface area (Å²) in [4.78, 5) is 13.3. The van der Waals surface area contributed by atoms with Gasteiger partial charge in [-0.1, -0.05) is 91.7 Å². The molecule has 7 aromatic rings. The maximum absolute atomic E-state index is 4.79. The molecular formula is C38H27IrN3S-2. The van der Waals surface area contributed by atoms with E-state index in [0.717, 1.165) is 27.2 Å². The van der Waals surface area contributed by atoms with Crippen LogP contribution < -0.4 is 0 Å². The minimum atomic E-state index is 0. The minimum absolute atomic E-state index is 0. The first-order valence-electron chi connectivity index (χ1n) is 13.9. The Bertz CT molecular complexity index is 1930. The first-order valence-corrected chi connectivity index (χ1v) is 14.8. The summed E-state index contributed by atoms with van der Waals surface area (Å²) in [5.74, 6) is 0.704. The molecule has 0 saturated heterocycles. The first kappa shape index (κ1) is 28.8. The molecule has 0 N–H and O–H groups in total. The molecule has 0 saturated carbocycles. The van der Waals surface area contributed by atoms with Gasteiger partial charge in [-0.3, -0.25) is 15.0 Å². The van der Waals surface area contributed by atoms with Gasteiger partial charge in [0.25, 0.3) is 0 Å². The van der Waals surface area contributed by atoms with Gasteiger partial charge < -0.3 is 0 Å². The number of para-hydroxylation sites is 1. The summed E-state index contributed by atoms with van der Waals surface area (Å²) in [7, 11) is 0. The molecule has 8 rings (SSSR count). The van der Waals surface area contributed by atoms with Gasteiger partial charge in [-0.05, 0) is 34.7 Å². The van der Waals surface area contributed by atoms with E-state index in [0.29, 0.717) is 5.82 Å². The number of hydrogen-bond donors (Lipinski definition) is 0. The SMILES string of the molecule is CC1(C)c2ccccc2-c2c[c-]c(-c3nc4ccccc4s3)cc21.[Ir].[c-]1ccc(-c2ccccc2)cc1-c1ncccn1. The van der Waals surface area contributed by atoms with Gasteiger partial charge in [-0.15, -0.1) is 64.7 Å². The molecule has 211 valence electrons. The van der Waals surface area contributed by atoms with Crippen LogP contribution in [0.3, 0.4) is 0 Å². The normalized spacial score (nSPS) is 12.4. The predicted molar refractivity (Wildman–Crippen MR) is 173 cm³/mol. The quantitative estimate of drug-likeness (QED) is 0.169. The van der Waals surface area contributed by atoms with Crippen LogP contribution in [0.1, 0.15) is 25.0 Å². The maximum Gasteiger partial charge on any atom is 0.0748 e. The van der Waals surface area contributed by atoms with Crippen molar-refractivity contribution in [3.05, 3.63) is 151 Å². The van der Waals surface area contributed by atoms with E-state index in [2.05, 4.69) is 109 Å². The van der Waals surface area contributed by atoms with Crippen molar-refractivity contribution in [2.24, 2.45) is 0 Å². The van der Waals surface area contributed by atoms with Crippen molar-refractivity contribution in [3.8, 4) is 44.2 Å². The van der Waals surface area contributed by atoms with E-state index in [4.69, 9.17) is 4.98 Å². The van der Waals surface area contributed by atoms with Gasteiger partial charge >= 0.3 is 0 Å². The molecule has 1 aliphatic carbocycles. The Hall–Kier alpha value is -4.28. The van der Waals surface area contributed by atoms with Gasteiger partial charge in [-0.25, -0.2) is 0 Å². The van der Waals surface area contributed by atoms with Crippen LogP contribution in [0.2, 0.25) is 0 Å². The molecule has 1 radical (unpaired) electrons. The number of hydrogen-bond acceptors (Lipinski definition) is 4. The van der Waals surface area contributed by atoms with E-state index in [9.17, 15) is 0 Å². The second kappa shape index (κ2) is 12.1. The molecule has 0 spiro atoms. The van der Waals surface area contributed by atoms with Crippen molar-refractivity contribution < 1.29 is 20.1 Å². The zero-order valence-electron chi connectivity index (χ0n) is 23.7. The molecule has 0 bridgehead atoms. The summed E-state index contributed by atoms with van der Waals surface area (Å²) in [6, 6.07) is 46.2. The molecule has 3 nitrogen and oxygen atoms in total. The number of fused-ring (bicyclic) bond motifs is 4. The number of nitrogens with zero attached hydrogens (tertiary/aromatic N) is 3. The molecule has 0 unspecified atom stereocenters. The summed E-state index contributed by atoms with van der Waals surface area (Å²) in [5.41, 5.74) is 10.8. The third kappa shape index (κ3) is 5.60. The smallest absolute Gasteiger partial charge is 0.0748 e. The van der Waals surface area contributed by atoms with Crippen LogP contribution in [0.5, 0.6) is 0 Å². The molecule has 0 atom stereocenters. The van der Waals surface area contributed by atoms with Crippen molar-refractivity contribution in [1.29, 1.82) is 0 Å². The van der Waals surface area contributed by atoms with E-state index in [-0.39, 0.29) is 25.5 Å². The Morgan fingerprint density at radius 2 is 1.40 bits per heavy atom. The zero-order valence-corrected chi connectivity index (χ0v) is 26.9. The fourth-order valence-electron chi connectivity index (χ4n) is 5.59. The summed E-state index contributed by atoms with van der Waals surface area (Å²) < 4.78 is 1.23. The van der Waals surface area contributed by atoms with Crippen LogP contribution >= 0.6 is 11.3 Å². The summed E-state index contributed by atoms with van der Waals surface area (Å²) in [6.07, 6.45) is 3.48. The second-order valence-corrected chi connectivity index (χ2v) is 11.8. The van der Waals surface area contributed by atoms with Gasteiger partial charge in [0.05, 0.1) is 11.3 Å². The van der Waals surface area contributed by atoms with Gasteiger partial charge in [0.15, 0.2) is 0 Å². The van der Waals surface area contributed by atoms with Crippen LogP contribution in [0.15, 0.2) is 128 Å². The van der Waals surface area contributed by atoms with Crippen LogP contribution in [0.25, 0.3) is 54.4 Å². The largest absolute Gasteiger partial charge is 0.285 e. The molecule has 0 aliphatic heterocycles. The standard InChI is InChI=1S/C22H16NS.C16H11N2.Ir/c1-22(2)17-8-4-3-7-15(17)16-12-11-14(13-18(16)22)21-23-19-9-5-6-10-20(19)24-21;1-2-6-13(7-3-1)14-8-4-9-15(12-14)16-17-10-5-11-18-16;/h3-10,12-13H,1-2H3;1-8,10-12H;/q2*-1;. The fourth-order valence-corrected chi connectivity index (χ4v) is 6.54. The summed E-state index contributed by atoms with van der Waals surface area (Å²) >= 11 is 1.74. The van der Waals surface area contributed by atoms with Crippen LogP contribution in [0.4, 0.5) is 0 Å². The Labute approximate surface area is 269 Å². The topological polar surface area (TPSA) is 38.7 Å². The van der Waals surface area contributed by atoms with E-state index in [1.54, 1.807) is 23.7 Å². The maximum atomic E-state index is 4.79.